The van der Waals surface area contributed by atoms with Crippen LogP contribution < -0.4 is 5.32 Å². The Bertz CT molecular complexity index is 444. The number of halogens is 1. The number of benzene rings is 1. The Morgan fingerprint density at radius 3 is 2.89 bits per heavy atom. The van der Waals surface area contributed by atoms with Crippen LogP contribution in [0.5, 0.6) is 0 Å². The third-order valence-electron chi connectivity index (χ3n) is 3.97. The molecule has 0 radical (unpaired) electrons. The van der Waals surface area contributed by atoms with Crippen LogP contribution in [0.1, 0.15) is 37.9 Å². The largest absolute Gasteiger partial charge is 0.309 e. The van der Waals surface area contributed by atoms with Crippen molar-refractivity contribution in [3.63, 3.8) is 0 Å². The van der Waals surface area contributed by atoms with Crippen molar-refractivity contribution < 1.29 is 0 Å². The van der Waals surface area contributed by atoms with E-state index in [1.54, 1.807) is 0 Å². The van der Waals surface area contributed by atoms with E-state index in [4.69, 9.17) is 11.6 Å². The van der Waals surface area contributed by atoms with Gasteiger partial charge < -0.3 is 5.32 Å². The van der Waals surface area contributed by atoms with Crippen LogP contribution in [-0.4, -0.2) is 18.6 Å². The smallest absolute Gasteiger partial charge is 0.0409 e. The van der Waals surface area contributed by atoms with E-state index in [9.17, 15) is 0 Å². The molecule has 106 valence electrons. The summed E-state index contributed by atoms with van der Waals surface area (Å²) < 4.78 is 0. The van der Waals surface area contributed by atoms with Crippen LogP contribution in [0.2, 0.25) is 5.02 Å². The molecule has 1 nitrogen and oxygen atoms in total. The van der Waals surface area contributed by atoms with Crippen LogP contribution in [-0.2, 0) is 6.42 Å². The van der Waals surface area contributed by atoms with Crippen molar-refractivity contribution in [1.82, 2.24) is 5.32 Å². The van der Waals surface area contributed by atoms with Crippen molar-refractivity contribution in [1.29, 1.82) is 0 Å². The molecule has 1 aliphatic rings. The summed E-state index contributed by atoms with van der Waals surface area (Å²) in [6.45, 7) is 8.07. The number of hydrogen-bond acceptors (Lipinski definition) is 2. The lowest BCUT2D eigenvalue weighted by molar-refractivity contribution is 0.262. The summed E-state index contributed by atoms with van der Waals surface area (Å²) in [4.78, 5) is 0. The van der Waals surface area contributed by atoms with Gasteiger partial charge in [0.1, 0.15) is 0 Å². The molecule has 2 rings (SSSR count). The molecule has 1 aromatic carbocycles. The maximum Gasteiger partial charge on any atom is 0.0409 e. The Hall–Kier alpha value is -0.180. The molecule has 1 aliphatic carbocycles. The van der Waals surface area contributed by atoms with E-state index in [2.05, 4.69) is 44.5 Å². The molecule has 0 heterocycles. The molecule has 1 aromatic rings. The van der Waals surface area contributed by atoms with Gasteiger partial charge in [0.05, 0.1) is 0 Å². The highest BCUT2D eigenvalue weighted by Gasteiger charge is 2.38. The molecule has 0 bridgehead atoms. The van der Waals surface area contributed by atoms with E-state index in [0.717, 1.165) is 18.0 Å². The zero-order valence-corrected chi connectivity index (χ0v) is 13.9. The molecule has 0 aliphatic heterocycles. The van der Waals surface area contributed by atoms with Crippen molar-refractivity contribution in [2.75, 3.05) is 18.6 Å². The quantitative estimate of drug-likeness (QED) is 0.855. The second kappa shape index (κ2) is 6.07. The monoisotopic (exact) mass is 297 g/mol. The normalized spacial score (nSPS) is 22.3. The number of thioether (sulfide) groups is 1. The third-order valence-corrected chi connectivity index (χ3v) is 5.11. The van der Waals surface area contributed by atoms with Crippen molar-refractivity contribution in [3.05, 3.63) is 34.3 Å². The molecule has 0 saturated heterocycles. The first kappa shape index (κ1) is 15.2. The predicted molar refractivity (Wildman–Crippen MR) is 87.2 cm³/mol. The van der Waals surface area contributed by atoms with E-state index < -0.39 is 0 Å². The average molecular weight is 298 g/mol. The Balaban J connectivity index is 2.12. The standard InChI is InChI=1S/C16H24ClNS/c1-11(10-19-4)9-18-15-14-7-13(17)6-5-12(14)8-16(15,2)3/h5-7,11,15,18H,8-10H2,1-4H3. The summed E-state index contributed by atoms with van der Waals surface area (Å²) in [5, 5.41) is 4.62. The van der Waals surface area contributed by atoms with Gasteiger partial charge in [-0.25, -0.2) is 0 Å². The number of rotatable bonds is 5. The van der Waals surface area contributed by atoms with Crippen LogP contribution in [0.3, 0.4) is 0 Å². The molecular weight excluding hydrogens is 274 g/mol. The number of nitrogens with one attached hydrogen (secondary N) is 1. The Morgan fingerprint density at radius 2 is 2.21 bits per heavy atom. The fourth-order valence-electron chi connectivity index (χ4n) is 3.06. The van der Waals surface area contributed by atoms with Gasteiger partial charge in [-0.2, -0.15) is 11.8 Å². The molecule has 0 aromatic heterocycles. The second-order valence-corrected chi connectivity index (χ2v) is 7.76. The number of fused-ring (bicyclic) bond motifs is 1. The molecule has 2 atom stereocenters. The van der Waals surface area contributed by atoms with Crippen LogP contribution >= 0.6 is 23.4 Å². The first-order valence-corrected chi connectivity index (χ1v) is 8.72. The van der Waals surface area contributed by atoms with Gasteiger partial charge in [0.25, 0.3) is 0 Å². The molecule has 3 heteroatoms. The first-order chi connectivity index (χ1) is 8.94. The summed E-state index contributed by atoms with van der Waals surface area (Å²) in [5.41, 5.74) is 3.12. The summed E-state index contributed by atoms with van der Waals surface area (Å²) in [5.74, 6) is 1.91. The molecule has 0 spiro atoms. The van der Waals surface area contributed by atoms with E-state index in [1.807, 2.05) is 17.8 Å². The molecular formula is C16H24ClNS. The highest BCUT2D eigenvalue weighted by Crippen LogP contribution is 2.45. The van der Waals surface area contributed by atoms with Gasteiger partial charge in [-0.05, 0) is 59.6 Å². The van der Waals surface area contributed by atoms with Gasteiger partial charge >= 0.3 is 0 Å². The Kier molecular flexibility index (Phi) is 4.86. The lowest BCUT2D eigenvalue weighted by Crippen LogP contribution is -2.34. The van der Waals surface area contributed by atoms with Crippen molar-refractivity contribution in [3.8, 4) is 0 Å². The van der Waals surface area contributed by atoms with Crippen LogP contribution in [0.25, 0.3) is 0 Å². The van der Waals surface area contributed by atoms with Gasteiger partial charge in [-0.1, -0.05) is 38.4 Å². The van der Waals surface area contributed by atoms with Gasteiger partial charge in [0.15, 0.2) is 0 Å². The molecule has 0 fully saturated rings. The van der Waals surface area contributed by atoms with Gasteiger partial charge in [-0.15, -0.1) is 0 Å². The maximum atomic E-state index is 6.16. The van der Waals surface area contributed by atoms with E-state index in [0.29, 0.717) is 12.0 Å². The summed E-state index contributed by atoms with van der Waals surface area (Å²) in [7, 11) is 0. The first-order valence-electron chi connectivity index (χ1n) is 6.94. The summed E-state index contributed by atoms with van der Waals surface area (Å²) >= 11 is 8.08. The van der Waals surface area contributed by atoms with Crippen LogP contribution in [0.4, 0.5) is 0 Å². The highest BCUT2D eigenvalue weighted by molar-refractivity contribution is 7.98. The van der Waals surface area contributed by atoms with Crippen molar-refractivity contribution in [2.24, 2.45) is 11.3 Å². The van der Waals surface area contributed by atoms with E-state index in [-0.39, 0.29) is 5.41 Å². The van der Waals surface area contributed by atoms with E-state index in [1.165, 1.54) is 16.9 Å². The predicted octanol–water partition coefficient (Wildman–Crippen LogP) is 4.55. The second-order valence-electron chi connectivity index (χ2n) is 6.41. The highest BCUT2D eigenvalue weighted by atomic mass is 35.5. The minimum Gasteiger partial charge on any atom is -0.309 e. The molecule has 1 N–H and O–H groups in total. The zero-order valence-electron chi connectivity index (χ0n) is 12.3. The topological polar surface area (TPSA) is 12.0 Å². The SMILES string of the molecule is CSCC(C)CNC1c2cc(Cl)ccc2CC1(C)C. The Labute approximate surface area is 126 Å². The fraction of sp³-hybridized carbons (Fsp3) is 0.625. The zero-order chi connectivity index (χ0) is 14.0. The molecule has 0 saturated carbocycles. The molecule has 19 heavy (non-hydrogen) atoms. The Morgan fingerprint density at radius 1 is 1.47 bits per heavy atom. The van der Waals surface area contributed by atoms with Gasteiger partial charge in [0.2, 0.25) is 0 Å². The average Bonchev–Trinajstić information content (AvgIpc) is 2.57. The minimum atomic E-state index is 0.270. The fourth-order valence-corrected chi connectivity index (χ4v) is 3.93. The van der Waals surface area contributed by atoms with Crippen molar-refractivity contribution in [2.45, 2.75) is 33.2 Å². The maximum absolute atomic E-state index is 6.16. The van der Waals surface area contributed by atoms with Gasteiger partial charge in [0, 0.05) is 11.1 Å². The van der Waals surface area contributed by atoms with Gasteiger partial charge in [-0.3, -0.25) is 0 Å². The summed E-state index contributed by atoms with van der Waals surface area (Å²) in [6.07, 6.45) is 3.30. The molecule has 0 amide bonds. The summed E-state index contributed by atoms with van der Waals surface area (Å²) in [6, 6.07) is 6.76. The van der Waals surface area contributed by atoms with Crippen LogP contribution in [0.15, 0.2) is 18.2 Å². The van der Waals surface area contributed by atoms with Crippen molar-refractivity contribution >= 4 is 23.4 Å². The lowest BCUT2D eigenvalue weighted by atomic mass is 9.85. The lowest BCUT2D eigenvalue weighted by Gasteiger charge is -2.30. The van der Waals surface area contributed by atoms with Crippen LogP contribution in [0, 0.1) is 11.3 Å². The minimum absolute atomic E-state index is 0.270. The number of hydrogen-bond donors (Lipinski definition) is 1. The third kappa shape index (κ3) is 3.48. The van der Waals surface area contributed by atoms with E-state index >= 15 is 0 Å². The molecule has 2 unspecified atom stereocenters.